The molecular weight excluding hydrogens is 172 g/mol. The van der Waals surface area contributed by atoms with Crippen molar-refractivity contribution in [3.63, 3.8) is 0 Å². The average Bonchev–Trinajstić information content (AvgIpc) is 2.16. The van der Waals surface area contributed by atoms with E-state index in [0.29, 0.717) is 6.42 Å². The summed E-state index contributed by atoms with van der Waals surface area (Å²) in [6, 6.07) is 5.94. The number of rotatable bonds is 3. The third kappa shape index (κ3) is 3.34. The van der Waals surface area contributed by atoms with Gasteiger partial charge in [0.15, 0.2) is 0 Å². The van der Waals surface area contributed by atoms with Gasteiger partial charge >= 0.3 is 0 Å². The summed E-state index contributed by atoms with van der Waals surface area (Å²) >= 11 is 0. The molecule has 0 bridgehead atoms. The summed E-state index contributed by atoms with van der Waals surface area (Å²) in [5.41, 5.74) is 5.92. The van der Waals surface area contributed by atoms with Crippen molar-refractivity contribution in [2.45, 2.75) is 6.42 Å². The highest BCUT2D eigenvalue weighted by Gasteiger charge is 1.93. The molecule has 0 radical (unpaired) electrons. The molecule has 2 N–H and O–H groups in total. The van der Waals surface area contributed by atoms with Crippen LogP contribution in [0, 0.1) is 5.82 Å². The van der Waals surface area contributed by atoms with Gasteiger partial charge in [-0.2, -0.15) is 0 Å². The summed E-state index contributed by atoms with van der Waals surface area (Å²) < 4.78 is 25.0. The summed E-state index contributed by atoms with van der Waals surface area (Å²) in [4.78, 5) is 0. The maximum Gasteiger partial charge on any atom is 0.123 e. The third-order valence-corrected chi connectivity index (χ3v) is 1.67. The molecule has 1 aromatic carbocycles. The zero-order chi connectivity index (χ0) is 9.68. The van der Waals surface area contributed by atoms with Crippen molar-refractivity contribution in [3.05, 3.63) is 47.5 Å². The van der Waals surface area contributed by atoms with Crippen LogP contribution in [0.4, 0.5) is 8.78 Å². The largest absolute Gasteiger partial charge is 0.325 e. The Hall–Kier alpha value is -1.22. The second-order valence-corrected chi connectivity index (χ2v) is 2.69. The number of allylic oxidation sites excluding steroid dienone is 1. The molecule has 1 aromatic rings. The Morgan fingerprint density at radius 3 is 2.46 bits per heavy atom. The Labute approximate surface area is 75.9 Å². The first-order valence-electron chi connectivity index (χ1n) is 4.01. The van der Waals surface area contributed by atoms with Crippen LogP contribution in [0.1, 0.15) is 5.56 Å². The van der Waals surface area contributed by atoms with Crippen molar-refractivity contribution >= 4 is 0 Å². The summed E-state index contributed by atoms with van der Waals surface area (Å²) in [7, 11) is 0. The molecule has 3 heteroatoms. The number of benzene rings is 1. The van der Waals surface area contributed by atoms with Crippen molar-refractivity contribution in [1.82, 2.24) is 0 Å². The van der Waals surface area contributed by atoms with E-state index in [0.717, 1.165) is 5.56 Å². The van der Waals surface area contributed by atoms with Gasteiger partial charge in [-0.3, -0.25) is 0 Å². The van der Waals surface area contributed by atoms with E-state index in [2.05, 4.69) is 0 Å². The summed E-state index contributed by atoms with van der Waals surface area (Å²) in [6.07, 6.45) is 1.84. The molecule has 0 aliphatic rings. The monoisotopic (exact) mass is 183 g/mol. The predicted molar refractivity (Wildman–Crippen MR) is 48.3 cm³/mol. The molecule has 0 atom stereocenters. The Balaban J connectivity index is 2.60. The highest BCUT2D eigenvalue weighted by molar-refractivity contribution is 5.19. The van der Waals surface area contributed by atoms with Crippen LogP contribution in [0.2, 0.25) is 0 Å². The molecule has 0 amide bonds. The van der Waals surface area contributed by atoms with Gasteiger partial charge in [-0.25, -0.2) is 8.78 Å². The minimum Gasteiger partial charge on any atom is -0.325 e. The van der Waals surface area contributed by atoms with E-state index >= 15 is 0 Å². The predicted octanol–water partition coefficient (Wildman–Crippen LogP) is 2.18. The van der Waals surface area contributed by atoms with Crippen LogP contribution in [0.15, 0.2) is 36.2 Å². The summed E-state index contributed by atoms with van der Waals surface area (Å²) in [5.74, 6) is -0.628. The van der Waals surface area contributed by atoms with Crippen LogP contribution in [-0.4, -0.2) is 6.54 Å². The van der Waals surface area contributed by atoms with Crippen LogP contribution in [-0.2, 0) is 6.42 Å². The van der Waals surface area contributed by atoms with Crippen molar-refractivity contribution in [2.24, 2.45) is 5.73 Å². The van der Waals surface area contributed by atoms with Crippen LogP contribution in [0.3, 0.4) is 0 Å². The second kappa shape index (κ2) is 4.72. The molecular formula is C10H11F2N. The number of hydrogen-bond donors (Lipinski definition) is 1. The molecule has 1 nitrogen and oxygen atoms in total. The topological polar surface area (TPSA) is 26.0 Å². The van der Waals surface area contributed by atoms with Gasteiger partial charge in [0.05, 0.1) is 0 Å². The summed E-state index contributed by atoms with van der Waals surface area (Å²) in [5, 5.41) is 0. The molecule has 1 rings (SSSR count). The minimum atomic E-state index is -0.343. The second-order valence-electron chi connectivity index (χ2n) is 2.69. The Morgan fingerprint density at radius 1 is 1.31 bits per heavy atom. The van der Waals surface area contributed by atoms with E-state index in [4.69, 9.17) is 5.73 Å². The van der Waals surface area contributed by atoms with Gasteiger partial charge in [0, 0.05) is 6.54 Å². The highest BCUT2D eigenvalue weighted by Crippen LogP contribution is 2.05. The van der Waals surface area contributed by atoms with Crippen LogP contribution in [0.25, 0.3) is 0 Å². The Morgan fingerprint density at radius 2 is 1.92 bits per heavy atom. The smallest absolute Gasteiger partial charge is 0.123 e. The zero-order valence-corrected chi connectivity index (χ0v) is 7.13. The molecule has 0 aliphatic carbocycles. The SMILES string of the molecule is NCC(F)=CCc1ccc(F)cc1. The Bertz CT molecular complexity index is 290. The first-order chi connectivity index (χ1) is 6.22. The fourth-order valence-electron chi connectivity index (χ4n) is 0.932. The van der Waals surface area contributed by atoms with E-state index in [1.165, 1.54) is 18.2 Å². The molecule has 0 saturated heterocycles. The lowest BCUT2D eigenvalue weighted by molar-refractivity contribution is 0.613. The third-order valence-electron chi connectivity index (χ3n) is 1.67. The first-order valence-corrected chi connectivity index (χ1v) is 4.01. The van der Waals surface area contributed by atoms with Gasteiger partial charge < -0.3 is 5.73 Å². The number of hydrogen-bond acceptors (Lipinski definition) is 1. The van der Waals surface area contributed by atoms with Gasteiger partial charge in [0.25, 0.3) is 0 Å². The number of nitrogens with two attached hydrogens (primary N) is 1. The van der Waals surface area contributed by atoms with Gasteiger partial charge in [-0.05, 0) is 30.2 Å². The molecule has 70 valence electrons. The normalized spacial score (nSPS) is 11.8. The van der Waals surface area contributed by atoms with Crippen LogP contribution in [0.5, 0.6) is 0 Å². The van der Waals surface area contributed by atoms with Crippen molar-refractivity contribution in [2.75, 3.05) is 6.54 Å². The molecule has 0 heterocycles. The molecule has 0 spiro atoms. The fraction of sp³-hybridized carbons (Fsp3) is 0.200. The van der Waals surface area contributed by atoms with Crippen molar-refractivity contribution in [3.8, 4) is 0 Å². The van der Waals surface area contributed by atoms with Crippen LogP contribution < -0.4 is 5.73 Å². The van der Waals surface area contributed by atoms with E-state index in [9.17, 15) is 8.78 Å². The standard InChI is InChI=1S/C10H11F2N/c11-9-4-1-8(2-5-9)3-6-10(12)7-13/h1-2,4-6H,3,7,13H2. The maximum absolute atomic E-state index is 12.6. The van der Waals surface area contributed by atoms with Crippen LogP contribution >= 0.6 is 0 Å². The quantitative estimate of drug-likeness (QED) is 0.763. The lowest BCUT2D eigenvalue weighted by atomic mass is 10.1. The van der Waals surface area contributed by atoms with Crippen molar-refractivity contribution < 1.29 is 8.78 Å². The van der Waals surface area contributed by atoms with Gasteiger partial charge in [0.2, 0.25) is 0 Å². The van der Waals surface area contributed by atoms with Gasteiger partial charge in [0.1, 0.15) is 11.6 Å². The zero-order valence-electron chi connectivity index (χ0n) is 7.13. The highest BCUT2D eigenvalue weighted by atomic mass is 19.1. The van der Waals surface area contributed by atoms with E-state index in [-0.39, 0.29) is 18.2 Å². The lowest BCUT2D eigenvalue weighted by Crippen LogP contribution is -1.99. The van der Waals surface area contributed by atoms with E-state index in [1.54, 1.807) is 12.1 Å². The molecule has 0 aliphatic heterocycles. The average molecular weight is 183 g/mol. The van der Waals surface area contributed by atoms with E-state index < -0.39 is 0 Å². The molecule has 0 unspecified atom stereocenters. The molecule has 13 heavy (non-hydrogen) atoms. The van der Waals surface area contributed by atoms with Gasteiger partial charge in [-0.15, -0.1) is 0 Å². The fourth-order valence-corrected chi connectivity index (χ4v) is 0.932. The minimum absolute atomic E-state index is 0.0821. The summed E-state index contributed by atoms with van der Waals surface area (Å²) in [6.45, 7) is -0.0821. The molecule has 0 aromatic heterocycles. The molecule has 0 fully saturated rings. The molecule has 0 saturated carbocycles. The Kier molecular flexibility index (Phi) is 3.58. The van der Waals surface area contributed by atoms with E-state index in [1.807, 2.05) is 0 Å². The van der Waals surface area contributed by atoms with Gasteiger partial charge in [-0.1, -0.05) is 12.1 Å². The first kappa shape index (κ1) is 9.86. The number of halogens is 2. The lowest BCUT2D eigenvalue weighted by Gasteiger charge is -1.96. The van der Waals surface area contributed by atoms with Crippen molar-refractivity contribution in [1.29, 1.82) is 0 Å². The maximum atomic E-state index is 12.6.